The summed E-state index contributed by atoms with van der Waals surface area (Å²) in [6.07, 6.45) is 1.26. The van der Waals surface area contributed by atoms with Gasteiger partial charge in [-0.15, -0.1) is 0 Å². The van der Waals surface area contributed by atoms with Crippen molar-refractivity contribution in [1.29, 1.82) is 0 Å². The molecule has 90 valence electrons. The predicted molar refractivity (Wildman–Crippen MR) is 63.9 cm³/mol. The quantitative estimate of drug-likeness (QED) is 0.715. The van der Waals surface area contributed by atoms with Crippen LogP contribution in [-0.4, -0.2) is 48.8 Å². The molecule has 0 aromatic rings. The molecule has 0 radical (unpaired) electrons. The number of nitrogens with zero attached hydrogens (tertiary/aromatic N) is 1. The normalized spacial score (nSPS) is 28.6. The van der Waals surface area contributed by atoms with Gasteiger partial charge in [-0.1, -0.05) is 20.8 Å². The molecule has 1 rings (SSSR count). The van der Waals surface area contributed by atoms with Crippen molar-refractivity contribution < 1.29 is 5.11 Å². The molecule has 0 bridgehead atoms. The number of rotatable bonds is 5. The van der Waals surface area contributed by atoms with E-state index in [0.717, 1.165) is 31.5 Å². The molecule has 0 aromatic heterocycles. The third-order valence-electron chi connectivity index (χ3n) is 3.49. The number of likely N-dealkylation sites (tertiary alicyclic amines) is 1. The van der Waals surface area contributed by atoms with E-state index in [1.165, 1.54) is 13.0 Å². The fourth-order valence-electron chi connectivity index (χ4n) is 2.39. The Balaban J connectivity index is 2.43. The van der Waals surface area contributed by atoms with E-state index in [-0.39, 0.29) is 6.61 Å². The van der Waals surface area contributed by atoms with Crippen LogP contribution in [0, 0.1) is 11.8 Å². The first-order valence-corrected chi connectivity index (χ1v) is 6.24. The summed E-state index contributed by atoms with van der Waals surface area (Å²) in [6, 6.07) is 0.568. The van der Waals surface area contributed by atoms with Gasteiger partial charge in [0.25, 0.3) is 0 Å². The summed E-state index contributed by atoms with van der Waals surface area (Å²) in [5, 5.41) is 12.2. The highest BCUT2D eigenvalue weighted by Gasteiger charge is 2.27. The molecule has 0 amide bonds. The van der Waals surface area contributed by atoms with Crippen LogP contribution in [0.2, 0.25) is 0 Å². The first-order chi connectivity index (χ1) is 7.17. The zero-order chi connectivity index (χ0) is 11.3. The Bertz CT molecular complexity index is 173. The van der Waals surface area contributed by atoms with E-state index >= 15 is 0 Å². The molecule has 0 aromatic carbocycles. The van der Waals surface area contributed by atoms with Crippen LogP contribution in [0.15, 0.2) is 0 Å². The second-order valence-electron chi connectivity index (χ2n) is 4.97. The average Bonchev–Trinajstić information content (AvgIpc) is 2.25. The van der Waals surface area contributed by atoms with Gasteiger partial charge in [-0.2, -0.15) is 0 Å². The van der Waals surface area contributed by atoms with E-state index in [4.69, 9.17) is 5.11 Å². The summed E-state index contributed by atoms with van der Waals surface area (Å²) in [5.74, 6) is 1.56. The van der Waals surface area contributed by atoms with Crippen LogP contribution in [0.3, 0.4) is 0 Å². The molecular formula is C12H26N2O. The third-order valence-corrected chi connectivity index (χ3v) is 3.49. The van der Waals surface area contributed by atoms with Crippen molar-refractivity contribution in [2.45, 2.75) is 33.2 Å². The predicted octanol–water partition coefficient (Wildman–Crippen LogP) is 0.935. The number of aliphatic hydroxyl groups is 1. The zero-order valence-electron chi connectivity index (χ0n) is 10.4. The molecule has 2 unspecified atom stereocenters. The lowest BCUT2D eigenvalue weighted by Crippen LogP contribution is -2.50. The Kier molecular flexibility index (Phi) is 5.58. The maximum atomic E-state index is 8.82. The second kappa shape index (κ2) is 6.46. The fraction of sp³-hybridized carbons (Fsp3) is 1.00. The smallest absolute Gasteiger partial charge is 0.0556 e. The van der Waals surface area contributed by atoms with E-state index in [1.54, 1.807) is 0 Å². The van der Waals surface area contributed by atoms with Crippen molar-refractivity contribution in [3.63, 3.8) is 0 Å². The summed E-state index contributed by atoms with van der Waals surface area (Å²) in [7, 11) is 0. The van der Waals surface area contributed by atoms with Crippen molar-refractivity contribution >= 4 is 0 Å². The van der Waals surface area contributed by atoms with Crippen molar-refractivity contribution in [2.75, 3.05) is 32.8 Å². The maximum Gasteiger partial charge on any atom is 0.0556 e. The van der Waals surface area contributed by atoms with E-state index in [1.807, 2.05) is 0 Å². The molecule has 1 aliphatic heterocycles. The van der Waals surface area contributed by atoms with Gasteiger partial charge in [0.2, 0.25) is 0 Å². The third kappa shape index (κ3) is 4.09. The first-order valence-electron chi connectivity index (χ1n) is 6.24. The topological polar surface area (TPSA) is 35.5 Å². The standard InChI is InChI=1S/C12H26N2O/c1-4-14-8-11(10(2)3)7-12(9-14)13-5-6-15/h10-13,15H,4-9H2,1-3H3. The summed E-state index contributed by atoms with van der Waals surface area (Å²) < 4.78 is 0. The minimum Gasteiger partial charge on any atom is -0.395 e. The molecule has 1 aliphatic rings. The van der Waals surface area contributed by atoms with Gasteiger partial charge < -0.3 is 15.3 Å². The molecule has 1 heterocycles. The molecule has 0 saturated carbocycles. The lowest BCUT2D eigenvalue weighted by Gasteiger charge is -2.39. The minimum atomic E-state index is 0.245. The van der Waals surface area contributed by atoms with Gasteiger partial charge in [-0.3, -0.25) is 0 Å². The van der Waals surface area contributed by atoms with E-state index < -0.39 is 0 Å². The first kappa shape index (κ1) is 12.9. The van der Waals surface area contributed by atoms with Gasteiger partial charge >= 0.3 is 0 Å². The Hall–Kier alpha value is -0.120. The second-order valence-corrected chi connectivity index (χ2v) is 4.97. The molecule has 1 fully saturated rings. The van der Waals surface area contributed by atoms with Gasteiger partial charge in [0.1, 0.15) is 0 Å². The lowest BCUT2D eigenvalue weighted by molar-refractivity contribution is 0.118. The van der Waals surface area contributed by atoms with Crippen LogP contribution < -0.4 is 5.32 Å². The van der Waals surface area contributed by atoms with Gasteiger partial charge in [-0.25, -0.2) is 0 Å². The summed E-state index contributed by atoms with van der Waals surface area (Å²) in [6.45, 7) is 11.3. The minimum absolute atomic E-state index is 0.245. The van der Waals surface area contributed by atoms with Crippen LogP contribution >= 0.6 is 0 Å². The highest BCUT2D eigenvalue weighted by molar-refractivity contribution is 4.84. The average molecular weight is 214 g/mol. The highest BCUT2D eigenvalue weighted by Crippen LogP contribution is 2.23. The highest BCUT2D eigenvalue weighted by atomic mass is 16.3. The molecule has 2 N–H and O–H groups in total. The van der Waals surface area contributed by atoms with Crippen LogP contribution in [-0.2, 0) is 0 Å². The molecule has 1 saturated heterocycles. The zero-order valence-corrected chi connectivity index (χ0v) is 10.4. The fourth-order valence-corrected chi connectivity index (χ4v) is 2.39. The van der Waals surface area contributed by atoms with Gasteiger partial charge in [-0.05, 0) is 24.8 Å². The molecule has 15 heavy (non-hydrogen) atoms. The maximum absolute atomic E-state index is 8.82. The van der Waals surface area contributed by atoms with E-state index in [9.17, 15) is 0 Å². The Morgan fingerprint density at radius 3 is 2.67 bits per heavy atom. The number of nitrogens with one attached hydrogen (secondary N) is 1. The van der Waals surface area contributed by atoms with Crippen molar-refractivity contribution in [2.24, 2.45) is 11.8 Å². The molecule has 2 atom stereocenters. The molecule has 3 nitrogen and oxygen atoms in total. The number of likely N-dealkylation sites (N-methyl/N-ethyl adjacent to an activating group) is 1. The van der Waals surface area contributed by atoms with Gasteiger partial charge in [0, 0.05) is 25.7 Å². The number of aliphatic hydroxyl groups excluding tert-OH is 1. The molecular weight excluding hydrogens is 188 g/mol. The van der Waals surface area contributed by atoms with Crippen molar-refractivity contribution in [1.82, 2.24) is 10.2 Å². The van der Waals surface area contributed by atoms with Crippen LogP contribution in [0.25, 0.3) is 0 Å². The van der Waals surface area contributed by atoms with Gasteiger partial charge in [0.05, 0.1) is 6.61 Å². The summed E-state index contributed by atoms with van der Waals surface area (Å²) in [5.41, 5.74) is 0. The van der Waals surface area contributed by atoms with Crippen LogP contribution in [0.1, 0.15) is 27.2 Å². The summed E-state index contributed by atoms with van der Waals surface area (Å²) >= 11 is 0. The van der Waals surface area contributed by atoms with Crippen molar-refractivity contribution in [3.8, 4) is 0 Å². The van der Waals surface area contributed by atoms with Gasteiger partial charge in [0.15, 0.2) is 0 Å². The van der Waals surface area contributed by atoms with E-state index in [0.29, 0.717) is 6.04 Å². The Morgan fingerprint density at radius 2 is 2.13 bits per heavy atom. The number of hydrogen-bond acceptors (Lipinski definition) is 3. The number of piperidine rings is 1. The SMILES string of the molecule is CCN1CC(NCCO)CC(C(C)C)C1. The Morgan fingerprint density at radius 1 is 1.40 bits per heavy atom. The number of hydrogen-bond donors (Lipinski definition) is 2. The monoisotopic (exact) mass is 214 g/mol. The molecule has 0 aliphatic carbocycles. The largest absolute Gasteiger partial charge is 0.395 e. The Labute approximate surface area is 93.9 Å². The summed E-state index contributed by atoms with van der Waals surface area (Å²) in [4.78, 5) is 2.52. The van der Waals surface area contributed by atoms with Crippen molar-refractivity contribution in [3.05, 3.63) is 0 Å². The van der Waals surface area contributed by atoms with Crippen LogP contribution in [0.4, 0.5) is 0 Å². The lowest BCUT2D eigenvalue weighted by atomic mass is 9.85. The molecule has 3 heteroatoms. The molecule has 0 spiro atoms. The van der Waals surface area contributed by atoms with E-state index in [2.05, 4.69) is 31.0 Å². The van der Waals surface area contributed by atoms with Crippen LogP contribution in [0.5, 0.6) is 0 Å².